The van der Waals surface area contributed by atoms with Crippen LogP contribution in [0.4, 0.5) is 0 Å². The summed E-state index contributed by atoms with van der Waals surface area (Å²) in [5, 5.41) is 3.42. The van der Waals surface area contributed by atoms with Gasteiger partial charge in [0, 0.05) is 13.2 Å². The molecule has 0 unspecified atom stereocenters. The molecule has 0 atom stereocenters. The van der Waals surface area contributed by atoms with Crippen LogP contribution in [-0.4, -0.2) is 32.9 Å². The van der Waals surface area contributed by atoms with E-state index in [2.05, 4.69) is 43.4 Å². The lowest BCUT2D eigenvalue weighted by Crippen LogP contribution is -2.24. The third kappa shape index (κ3) is 6.74. The van der Waals surface area contributed by atoms with Crippen molar-refractivity contribution in [1.82, 2.24) is 5.32 Å². The number of hydrogen-bond donors (Lipinski definition) is 1. The first kappa shape index (κ1) is 15.2. The van der Waals surface area contributed by atoms with E-state index in [0.717, 1.165) is 13.0 Å². The molecule has 0 aliphatic carbocycles. The molecule has 0 aliphatic heterocycles. The molecular formula is C15H25NO2. The summed E-state index contributed by atoms with van der Waals surface area (Å²) < 4.78 is 10.4. The molecular weight excluding hydrogens is 226 g/mol. The number of hydrogen-bond acceptors (Lipinski definition) is 3. The summed E-state index contributed by atoms with van der Waals surface area (Å²) in [6.07, 6.45) is 1.07. The maximum absolute atomic E-state index is 5.48. The van der Waals surface area contributed by atoms with Gasteiger partial charge in [0.15, 0.2) is 0 Å². The minimum Gasteiger partial charge on any atom is -0.382 e. The van der Waals surface area contributed by atoms with Crippen molar-refractivity contribution in [3.63, 3.8) is 0 Å². The number of ether oxygens (including phenoxy) is 2. The van der Waals surface area contributed by atoms with E-state index in [4.69, 9.17) is 9.47 Å². The van der Waals surface area contributed by atoms with Gasteiger partial charge in [-0.25, -0.2) is 0 Å². The monoisotopic (exact) mass is 251 g/mol. The van der Waals surface area contributed by atoms with Gasteiger partial charge in [-0.3, -0.25) is 0 Å². The Bertz CT molecular complexity index is 309. The molecule has 1 aromatic carbocycles. The number of nitrogens with one attached hydrogen (secondary N) is 1. The molecule has 0 saturated heterocycles. The van der Waals surface area contributed by atoms with Crippen molar-refractivity contribution < 1.29 is 9.47 Å². The van der Waals surface area contributed by atoms with E-state index in [1.807, 2.05) is 0 Å². The van der Waals surface area contributed by atoms with Crippen molar-refractivity contribution in [2.75, 3.05) is 26.9 Å². The van der Waals surface area contributed by atoms with Gasteiger partial charge in [0.05, 0.1) is 19.8 Å². The first-order valence-electron chi connectivity index (χ1n) is 6.60. The topological polar surface area (TPSA) is 30.5 Å². The first-order chi connectivity index (χ1) is 8.72. The Morgan fingerprint density at radius 3 is 2.33 bits per heavy atom. The summed E-state index contributed by atoms with van der Waals surface area (Å²) in [7, 11) is 1.68. The fourth-order valence-corrected chi connectivity index (χ4v) is 1.64. The Morgan fingerprint density at radius 1 is 1.06 bits per heavy atom. The summed E-state index contributed by atoms with van der Waals surface area (Å²) in [6, 6.07) is 9.18. The number of benzene rings is 1. The van der Waals surface area contributed by atoms with Gasteiger partial charge in [-0.05, 0) is 24.1 Å². The molecule has 0 saturated carbocycles. The lowest BCUT2D eigenvalue weighted by Gasteiger charge is -2.08. The molecule has 0 aromatic heterocycles. The second-order valence-corrected chi connectivity index (χ2v) is 4.72. The van der Waals surface area contributed by atoms with E-state index in [-0.39, 0.29) is 0 Å². The van der Waals surface area contributed by atoms with Crippen LogP contribution >= 0.6 is 0 Å². The van der Waals surface area contributed by atoms with Gasteiger partial charge in [-0.15, -0.1) is 0 Å². The lowest BCUT2D eigenvalue weighted by molar-refractivity contribution is 0.0616. The SMILES string of the molecule is COCCOCc1ccc(CCNC(C)C)cc1. The van der Waals surface area contributed by atoms with Crippen molar-refractivity contribution in [1.29, 1.82) is 0 Å². The highest BCUT2D eigenvalue weighted by Gasteiger charge is 1.97. The Labute approximate surface area is 110 Å². The molecule has 3 nitrogen and oxygen atoms in total. The molecule has 102 valence electrons. The normalized spacial score (nSPS) is 11.1. The maximum atomic E-state index is 5.48. The first-order valence-corrected chi connectivity index (χ1v) is 6.60. The van der Waals surface area contributed by atoms with E-state index < -0.39 is 0 Å². The van der Waals surface area contributed by atoms with Gasteiger partial charge in [0.1, 0.15) is 0 Å². The minimum atomic E-state index is 0.554. The Balaban J connectivity index is 2.24. The Morgan fingerprint density at radius 2 is 1.72 bits per heavy atom. The molecule has 1 N–H and O–H groups in total. The van der Waals surface area contributed by atoms with E-state index in [0.29, 0.717) is 25.9 Å². The maximum Gasteiger partial charge on any atom is 0.0718 e. The second-order valence-electron chi connectivity index (χ2n) is 4.72. The fourth-order valence-electron chi connectivity index (χ4n) is 1.64. The van der Waals surface area contributed by atoms with Crippen LogP contribution in [0.2, 0.25) is 0 Å². The summed E-state index contributed by atoms with van der Waals surface area (Å²) in [6.45, 7) is 7.33. The van der Waals surface area contributed by atoms with Gasteiger partial charge in [-0.1, -0.05) is 38.1 Å². The zero-order valence-electron chi connectivity index (χ0n) is 11.7. The van der Waals surface area contributed by atoms with Crippen LogP contribution in [0, 0.1) is 0 Å². The highest BCUT2D eigenvalue weighted by Crippen LogP contribution is 2.06. The van der Waals surface area contributed by atoms with Crippen LogP contribution in [0.5, 0.6) is 0 Å². The van der Waals surface area contributed by atoms with E-state index >= 15 is 0 Å². The zero-order valence-corrected chi connectivity index (χ0v) is 11.7. The van der Waals surface area contributed by atoms with Crippen LogP contribution in [-0.2, 0) is 22.5 Å². The molecule has 0 amide bonds. The summed E-state index contributed by atoms with van der Waals surface area (Å²) >= 11 is 0. The van der Waals surface area contributed by atoms with Gasteiger partial charge in [-0.2, -0.15) is 0 Å². The Kier molecular flexibility index (Phi) is 7.65. The second kappa shape index (κ2) is 9.09. The molecule has 0 radical (unpaired) electrons. The number of methoxy groups -OCH3 is 1. The molecule has 0 fully saturated rings. The fraction of sp³-hybridized carbons (Fsp3) is 0.600. The van der Waals surface area contributed by atoms with Crippen LogP contribution in [0.15, 0.2) is 24.3 Å². The molecule has 0 heterocycles. The highest BCUT2D eigenvalue weighted by molar-refractivity contribution is 5.22. The standard InChI is InChI=1S/C15H25NO2/c1-13(2)16-9-8-14-4-6-15(7-5-14)12-18-11-10-17-3/h4-7,13,16H,8-12H2,1-3H3. The minimum absolute atomic E-state index is 0.554. The largest absolute Gasteiger partial charge is 0.382 e. The van der Waals surface area contributed by atoms with Crippen molar-refractivity contribution in [2.24, 2.45) is 0 Å². The van der Waals surface area contributed by atoms with Crippen molar-refractivity contribution in [2.45, 2.75) is 32.9 Å². The quantitative estimate of drug-likeness (QED) is 0.684. The molecule has 0 aliphatic rings. The third-order valence-electron chi connectivity index (χ3n) is 2.69. The van der Waals surface area contributed by atoms with Crippen molar-refractivity contribution in [3.8, 4) is 0 Å². The molecule has 3 heteroatoms. The Hall–Kier alpha value is -0.900. The average Bonchev–Trinajstić information content (AvgIpc) is 2.36. The molecule has 18 heavy (non-hydrogen) atoms. The summed E-state index contributed by atoms with van der Waals surface area (Å²) in [5.41, 5.74) is 2.58. The third-order valence-corrected chi connectivity index (χ3v) is 2.69. The van der Waals surface area contributed by atoms with Crippen LogP contribution in [0.1, 0.15) is 25.0 Å². The van der Waals surface area contributed by atoms with Crippen molar-refractivity contribution >= 4 is 0 Å². The molecule has 1 aromatic rings. The molecule has 0 spiro atoms. The van der Waals surface area contributed by atoms with Crippen molar-refractivity contribution in [3.05, 3.63) is 35.4 Å². The predicted octanol–water partition coefficient (Wildman–Crippen LogP) is 2.39. The summed E-state index contributed by atoms with van der Waals surface area (Å²) in [4.78, 5) is 0. The van der Waals surface area contributed by atoms with Gasteiger partial charge in [0.2, 0.25) is 0 Å². The van der Waals surface area contributed by atoms with E-state index in [1.54, 1.807) is 7.11 Å². The summed E-state index contributed by atoms with van der Waals surface area (Å²) in [5.74, 6) is 0. The molecule has 1 rings (SSSR count). The van der Waals surface area contributed by atoms with Crippen LogP contribution in [0.25, 0.3) is 0 Å². The van der Waals surface area contributed by atoms with Crippen LogP contribution in [0.3, 0.4) is 0 Å². The molecule has 0 bridgehead atoms. The van der Waals surface area contributed by atoms with Gasteiger partial charge < -0.3 is 14.8 Å². The van der Waals surface area contributed by atoms with E-state index in [1.165, 1.54) is 11.1 Å². The average molecular weight is 251 g/mol. The number of rotatable bonds is 9. The lowest BCUT2D eigenvalue weighted by atomic mass is 10.1. The highest BCUT2D eigenvalue weighted by atomic mass is 16.5. The zero-order chi connectivity index (χ0) is 13.2. The van der Waals surface area contributed by atoms with Gasteiger partial charge in [0.25, 0.3) is 0 Å². The van der Waals surface area contributed by atoms with E-state index in [9.17, 15) is 0 Å². The smallest absolute Gasteiger partial charge is 0.0718 e. The van der Waals surface area contributed by atoms with Gasteiger partial charge >= 0.3 is 0 Å². The predicted molar refractivity (Wildman–Crippen MR) is 74.8 cm³/mol. The van der Waals surface area contributed by atoms with Crippen LogP contribution < -0.4 is 5.32 Å².